The molecule has 1 heterocycles. The Kier molecular flexibility index (Phi) is 3.79. The average Bonchev–Trinajstić information content (AvgIpc) is 2.74. The lowest BCUT2D eigenvalue weighted by atomic mass is 10.2. The summed E-state index contributed by atoms with van der Waals surface area (Å²) in [5, 5.41) is 10.7. The van der Waals surface area contributed by atoms with Crippen LogP contribution in [0.1, 0.15) is 0 Å². The minimum absolute atomic E-state index is 0.134. The average molecular weight is 304 g/mol. The number of carbonyl (C=O) groups is 1. The Balaban J connectivity index is 2.22. The van der Waals surface area contributed by atoms with E-state index in [2.05, 4.69) is 15.0 Å². The van der Waals surface area contributed by atoms with Crippen molar-refractivity contribution < 1.29 is 27.8 Å². The smallest absolute Gasteiger partial charge is 0.465 e. The van der Waals surface area contributed by atoms with E-state index in [1.807, 2.05) is 0 Å². The van der Waals surface area contributed by atoms with Crippen LogP contribution >= 0.6 is 11.3 Å². The summed E-state index contributed by atoms with van der Waals surface area (Å²) in [6.45, 7) is 0. The van der Waals surface area contributed by atoms with Crippen LogP contribution in [0.5, 0.6) is 5.75 Å². The summed E-state index contributed by atoms with van der Waals surface area (Å²) < 4.78 is 40.2. The van der Waals surface area contributed by atoms with Crippen LogP contribution in [0.15, 0.2) is 30.5 Å². The first kappa shape index (κ1) is 14.1. The fourth-order valence-corrected chi connectivity index (χ4v) is 2.21. The molecule has 0 fully saturated rings. The van der Waals surface area contributed by atoms with Crippen molar-refractivity contribution in [1.29, 1.82) is 0 Å². The Morgan fingerprint density at radius 2 is 2.15 bits per heavy atom. The number of alkyl halides is 3. The standard InChI is InChI=1S/C11H7F3N2O3S/c12-11(13,14)19-7-3-1-2-6(4-7)8-5-15-9(20-8)16-10(17)18/h1-5H,(H,15,16)(H,17,18). The molecule has 2 N–H and O–H groups in total. The predicted octanol–water partition coefficient (Wildman–Crippen LogP) is 3.80. The molecule has 0 aliphatic rings. The van der Waals surface area contributed by atoms with Crippen molar-refractivity contribution in [3.05, 3.63) is 30.5 Å². The van der Waals surface area contributed by atoms with Crippen molar-refractivity contribution in [3.8, 4) is 16.2 Å². The topological polar surface area (TPSA) is 71.5 Å². The van der Waals surface area contributed by atoms with Crippen LogP contribution in [0, 0.1) is 0 Å². The van der Waals surface area contributed by atoms with Crippen molar-refractivity contribution in [1.82, 2.24) is 4.98 Å². The molecule has 9 heteroatoms. The molecule has 2 rings (SSSR count). The summed E-state index contributed by atoms with van der Waals surface area (Å²) in [4.78, 5) is 14.8. The van der Waals surface area contributed by atoms with Gasteiger partial charge in [0.15, 0.2) is 5.13 Å². The SMILES string of the molecule is O=C(O)Nc1ncc(-c2cccc(OC(F)(F)F)c2)s1. The van der Waals surface area contributed by atoms with Crippen LogP contribution in [0.2, 0.25) is 0 Å². The molecule has 0 unspecified atom stereocenters. The Labute approximate surface area is 114 Å². The zero-order valence-corrected chi connectivity index (χ0v) is 10.5. The van der Waals surface area contributed by atoms with Crippen LogP contribution in [-0.2, 0) is 0 Å². The van der Waals surface area contributed by atoms with Gasteiger partial charge in [-0.15, -0.1) is 13.2 Å². The number of amides is 1. The van der Waals surface area contributed by atoms with Crippen LogP contribution in [0.3, 0.4) is 0 Å². The van der Waals surface area contributed by atoms with Gasteiger partial charge in [0.25, 0.3) is 0 Å². The molecule has 0 saturated heterocycles. The molecule has 106 valence electrons. The molecule has 1 aromatic heterocycles. The summed E-state index contributed by atoms with van der Waals surface area (Å²) in [5.41, 5.74) is 0.447. The number of hydrogen-bond donors (Lipinski definition) is 2. The van der Waals surface area contributed by atoms with Crippen molar-refractivity contribution >= 4 is 22.6 Å². The molecule has 0 radical (unpaired) electrons. The number of nitrogens with zero attached hydrogens (tertiary/aromatic N) is 1. The minimum atomic E-state index is -4.76. The Hall–Kier alpha value is -2.29. The van der Waals surface area contributed by atoms with Gasteiger partial charge in [0.05, 0.1) is 4.88 Å². The maximum absolute atomic E-state index is 12.1. The van der Waals surface area contributed by atoms with Gasteiger partial charge in [0.1, 0.15) is 5.75 Å². The van der Waals surface area contributed by atoms with Crippen LogP contribution in [0.25, 0.3) is 10.4 Å². The maximum Gasteiger partial charge on any atom is 0.573 e. The molecule has 1 amide bonds. The summed E-state index contributed by atoms with van der Waals surface area (Å²) >= 11 is 1.00. The quantitative estimate of drug-likeness (QED) is 0.904. The molecule has 0 atom stereocenters. The Morgan fingerprint density at radius 3 is 2.80 bits per heavy atom. The molecular weight excluding hydrogens is 297 g/mol. The van der Waals surface area contributed by atoms with Gasteiger partial charge in [-0.05, 0) is 17.7 Å². The molecule has 0 aliphatic carbocycles. The van der Waals surface area contributed by atoms with Gasteiger partial charge in [-0.1, -0.05) is 23.5 Å². The first-order valence-corrected chi connectivity index (χ1v) is 5.97. The van der Waals surface area contributed by atoms with E-state index < -0.39 is 12.5 Å². The molecule has 0 bridgehead atoms. The van der Waals surface area contributed by atoms with E-state index >= 15 is 0 Å². The van der Waals surface area contributed by atoms with Gasteiger partial charge in [-0.25, -0.2) is 9.78 Å². The highest BCUT2D eigenvalue weighted by molar-refractivity contribution is 7.19. The molecule has 1 aromatic carbocycles. The molecule has 0 saturated carbocycles. The van der Waals surface area contributed by atoms with Crippen molar-refractivity contribution in [2.45, 2.75) is 6.36 Å². The number of aromatic nitrogens is 1. The van der Waals surface area contributed by atoms with Gasteiger partial charge in [-0.3, -0.25) is 5.32 Å². The first-order chi connectivity index (χ1) is 9.33. The number of thiazole rings is 1. The van der Waals surface area contributed by atoms with Crippen molar-refractivity contribution in [3.63, 3.8) is 0 Å². The fraction of sp³-hybridized carbons (Fsp3) is 0.0909. The number of rotatable bonds is 3. The van der Waals surface area contributed by atoms with Gasteiger partial charge in [0.2, 0.25) is 0 Å². The second-order valence-electron chi connectivity index (χ2n) is 3.54. The molecule has 2 aromatic rings. The maximum atomic E-state index is 12.1. The monoisotopic (exact) mass is 304 g/mol. The summed E-state index contributed by atoms with van der Waals surface area (Å²) in [6.07, 6.45) is -4.66. The molecule has 0 aliphatic heterocycles. The van der Waals surface area contributed by atoms with E-state index in [1.54, 1.807) is 6.07 Å². The van der Waals surface area contributed by atoms with E-state index in [9.17, 15) is 18.0 Å². The number of ether oxygens (including phenoxy) is 1. The summed E-state index contributed by atoms with van der Waals surface area (Å²) in [6, 6.07) is 5.35. The number of nitrogens with one attached hydrogen (secondary N) is 1. The third-order valence-electron chi connectivity index (χ3n) is 2.07. The second kappa shape index (κ2) is 5.37. The van der Waals surface area contributed by atoms with Crippen molar-refractivity contribution in [2.75, 3.05) is 5.32 Å². The summed E-state index contributed by atoms with van der Waals surface area (Å²) in [7, 11) is 0. The number of carboxylic acid groups (broad SMARTS) is 1. The highest BCUT2D eigenvalue weighted by atomic mass is 32.1. The van der Waals surface area contributed by atoms with E-state index in [4.69, 9.17) is 5.11 Å². The highest BCUT2D eigenvalue weighted by Crippen LogP contribution is 2.32. The van der Waals surface area contributed by atoms with Gasteiger partial charge in [0, 0.05) is 6.20 Å². The van der Waals surface area contributed by atoms with E-state index in [-0.39, 0.29) is 10.9 Å². The normalized spacial score (nSPS) is 11.2. The number of hydrogen-bond acceptors (Lipinski definition) is 4. The lowest BCUT2D eigenvalue weighted by molar-refractivity contribution is -0.274. The Morgan fingerprint density at radius 1 is 1.40 bits per heavy atom. The predicted molar refractivity (Wildman–Crippen MR) is 65.9 cm³/mol. The fourth-order valence-electron chi connectivity index (χ4n) is 1.40. The minimum Gasteiger partial charge on any atom is -0.465 e. The molecule has 5 nitrogen and oxygen atoms in total. The lowest BCUT2D eigenvalue weighted by Crippen LogP contribution is -2.17. The van der Waals surface area contributed by atoms with Crippen LogP contribution in [-0.4, -0.2) is 22.5 Å². The van der Waals surface area contributed by atoms with Crippen LogP contribution < -0.4 is 10.1 Å². The van der Waals surface area contributed by atoms with Gasteiger partial charge >= 0.3 is 12.5 Å². The molecular formula is C11H7F3N2O3S. The number of halogens is 3. The van der Waals surface area contributed by atoms with E-state index in [0.29, 0.717) is 10.4 Å². The number of anilines is 1. The van der Waals surface area contributed by atoms with Gasteiger partial charge < -0.3 is 9.84 Å². The van der Waals surface area contributed by atoms with E-state index in [1.165, 1.54) is 24.4 Å². The number of benzene rings is 1. The first-order valence-electron chi connectivity index (χ1n) is 5.15. The lowest BCUT2D eigenvalue weighted by Gasteiger charge is -2.09. The Bertz CT molecular complexity index is 627. The highest BCUT2D eigenvalue weighted by Gasteiger charge is 2.31. The molecule has 20 heavy (non-hydrogen) atoms. The second-order valence-corrected chi connectivity index (χ2v) is 4.57. The van der Waals surface area contributed by atoms with E-state index in [0.717, 1.165) is 11.3 Å². The summed E-state index contributed by atoms with van der Waals surface area (Å²) in [5.74, 6) is -0.351. The zero-order chi connectivity index (χ0) is 14.8. The van der Waals surface area contributed by atoms with Crippen LogP contribution in [0.4, 0.5) is 23.1 Å². The van der Waals surface area contributed by atoms with Crippen molar-refractivity contribution in [2.24, 2.45) is 0 Å². The zero-order valence-electron chi connectivity index (χ0n) is 9.64. The third kappa shape index (κ3) is 3.85. The largest absolute Gasteiger partial charge is 0.573 e. The third-order valence-corrected chi connectivity index (χ3v) is 3.03. The molecule has 0 spiro atoms. The van der Waals surface area contributed by atoms with Gasteiger partial charge in [-0.2, -0.15) is 0 Å².